The number of carbonyl (C=O) groups excluding carboxylic acids is 2. The number of carbonyl (C=O) groups is 2. The van der Waals surface area contributed by atoms with E-state index >= 15 is 0 Å². The lowest BCUT2D eigenvalue weighted by atomic mass is 10.0. The number of fused-ring (bicyclic) bond motifs is 1. The fraction of sp³-hybridized carbons (Fsp3) is 0.0435. The molecule has 0 bridgehead atoms. The summed E-state index contributed by atoms with van der Waals surface area (Å²) < 4.78 is 21.2. The molecule has 0 amide bonds. The monoisotopic (exact) mass is 441 g/mol. The average Bonchev–Trinajstić information content (AvgIpc) is 3.12. The number of aromatic nitrogens is 1. The maximum Gasteiger partial charge on any atom is 0.337 e. The first-order chi connectivity index (χ1) is 14.4. The van der Waals surface area contributed by atoms with E-state index in [-0.39, 0.29) is 38.2 Å². The van der Waals surface area contributed by atoms with Gasteiger partial charge in [0.2, 0.25) is 5.78 Å². The number of ether oxygens (including phenoxy) is 1. The summed E-state index contributed by atoms with van der Waals surface area (Å²) in [6, 6.07) is 15.8. The zero-order valence-electron chi connectivity index (χ0n) is 15.7. The van der Waals surface area contributed by atoms with E-state index in [1.165, 1.54) is 19.2 Å². The molecule has 0 N–H and O–H groups in total. The normalized spacial score (nSPS) is 10.9. The van der Waals surface area contributed by atoms with Crippen LogP contribution in [-0.2, 0) is 4.74 Å². The zero-order valence-corrected chi connectivity index (χ0v) is 17.2. The van der Waals surface area contributed by atoms with E-state index in [4.69, 9.17) is 23.2 Å². The number of halogens is 3. The van der Waals surface area contributed by atoms with Gasteiger partial charge in [0.05, 0.1) is 39.5 Å². The Morgan fingerprint density at radius 2 is 1.67 bits per heavy atom. The van der Waals surface area contributed by atoms with Gasteiger partial charge in [0.1, 0.15) is 5.82 Å². The second-order valence-corrected chi connectivity index (χ2v) is 7.33. The Balaban J connectivity index is 1.91. The summed E-state index contributed by atoms with van der Waals surface area (Å²) in [7, 11) is 1.23. The van der Waals surface area contributed by atoms with Gasteiger partial charge in [0.15, 0.2) is 0 Å². The van der Waals surface area contributed by atoms with Crippen LogP contribution in [0.4, 0.5) is 4.39 Å². The van der Waals surface area contributed by atoms with Crippen LogP contribution in [-0.4, -0.2) is 23.3 Å². The summed E-state index contributed by atoms with van der Waals surface area (Å²) in [5.41, 5.74) is 1.92. The number of hydrogen-bond donors (Lipinski definition) is 0. The number of ketones is 1. The van der Waals surface area contributed by atoms with E-state index in [0.29, 0.717) is 11.1 Å². The van der Waals surface area contributed by atoms with Gasteiger partial charge in [0, 0.05) is 17.3 Å². The van der Waals surface area contributed by atoms with Gasteiger partial charge < -0.3 is 9.14 Å². The van der Waals surface area contributed by atoms with E-state index in [0.717, 1.165) is 6.07 Å². The molecule has 150 valence electrons. The molecule has 30 heavy (non-hydrogen) atoms. The lowest BCUT2D eigenvalue weighted by Crippen LogP contribution is -2.06. The molecule has 4 nitrogen and oxygen atoms in total. The molecule has 0 unspecified atom stereocenters. The Labute approximate surface area is 181 Å². The summed E-state index contributed by atoms with van der Waals surface area (Å²) in [5, 5.41) is 0.460. The van der Waals surface area contributed by atoms with Crippen molar-refractivity contribution in [2.45, 2.75) is 0 Å². The van der Waals surface area contributed by atoms with Crippen molar-refractivity contribution in [3.8, 4) is 11.1 Å². The summed E-state index contributed by atoms with van der Waals surface area (Å²) in [6.45, 7) is 0. The minimum Gasteiger partial charge on any atom is -0.465 e. The van der Waals surface area contributed by atoms with Crippen molar-refractivity contribution in [3.05, 3.63) is 99.5 Å². The van der Waals surface area contributed by atoms with Crippen molar-refractivity contribution in [3.63, 3.8) is 0 Å². The van der Waals surface area contributed by atoms with E-state index in [1.54, 1.807) is 53.1 Å². The van der Waals surface area contributed by atoms with Crippen molar-refractivity contribution in [1.29, 1.82) is 0 Å². The number of pyridine rings is 1. The molecule has 0 aliphatic rings. The second-order valence-electron chi connectivity index (χ2n) is 6.51. The van der Waals surface area contributed by atoms with Crippen molar-refractivity contribution in [2.24, 2.45) is 0 Å². The quantitative estimate of drug-likeness (QED) is 0.285. The first-order valence-electron chi connectivity index (χ1n) is 8.89. The van der Waals surface area contributed by atoms with Gasteiger partial charge >= 0.3 is 5.97 Å². The van der Waals surface area contributed by atoms with Crippen LogP contribution in [0, 0.1) is 5.82 Å². The number of benzene rings is 2. The third-order valence-corrected chi connectivity index (χ3v) is 5.41. The molecule has 7 heteroatoms. The fourth-order valence-electron chi connectivity index (χ4n) is 3.36. The van der Waals surface area contributed by atoms with Crippen LogP contribution >= 0.6 is 23.2 Å². The van der Waals surface area contributed by atoms with E-state index in [2.05, 4.69) is 4.74 Å². The molecule has 0 saturated carbocycles. The molecule has 2 heterocycles. The summed E-state index contributed by atoms with van der Waals surface area (Å²) >= 11 is 12.4. The number of methoxy groups -OCH3 is 1. The molecule has 0 spiro atoms. The number of nitrogens with zero attached hydrogens (tertiary/aromatic N) is 1. The Bertz CT molecular complexity index is 1290. The van der Waals surface area contributed by atoms with Gasteiger partial charge in [-0.1, -0.05) is 41.4 Å². The van der Waals surface area contributed by atoms with Gasteiger partial charge in [0.25, 0.3) is 0 Å². The fourth-order valence-corrected chi connectivity index (χ4v) is 3.93. The minimum atomic E-state index is -0.633. The summed E-state index contributed by atoms with van der Waals surface area (Å²) in [6.07, 6.45) is 1.71. The van der Waals surface area contributed by atoms with Gasteiger partial charge in [-0.2, -0.15) is 0 Å². The molecule has 0 atom stereocenters. The predicted octanol–water partition coefficient (Wildman–Crippen LogP) is 6.07. The van der Waals surface area contributed by atoms with Crippen molar-refractivity contribution in [2.75, 3.05) is 7.11 Å². The Kier molecular flexibility index (Phi) is 5.33. The molecule has 4 aromatic rings. The van der Waals surface area contributed by atoms with E-state index in [1.807, 2.05) is 0 Å². The maximum absolute atomic E-state index is 14.9. The van der Waals surface area contributed by atoms with Crippen LogP contribution in [0.25, 0.3) is 16.6 Å². The Morgan fingerprint density at radius 1 is 0.933 bits per heavy atom. The largest absolute Gasteiger partial charge is 0.465 e. The average molecular weight is 442 g/mol. The first-order valence-corrected chi connectivity index (χ1v) is 9.65. The molecule has 0 fully saturated rings. The van der Waals surface area contributed by atoms with Crippen LogP contribution in [0.15, 0.2) is 66.9 Å². The van der Waals surface area contributed by atoms with E-state index in [9.17, 15) is 14.0 Å². The van der Waals surface area contributed by atoms with Crippen LogP contribution in [0.1, 0.15) is 26.4 Å². The van der Waals surface area contributed by atoms with Crippen LogP contribution < -0.4 is 0 Å². The van der Waals surface area contributed by atoms with Crippen molar-refractivity contribution >= 4 is 40.5 Å². The molecule has 0 radical (unpaired) electrons. The SMILES string of the molecule is COC(=O)c1ccc(-c2cc(C(=O)c3c(Cl)cccc3Cl)n3ccccc23)c(F)c1. The number of hydrogen-bond acceptors (Lipinski definition) is 3. The lowest BCUT2D eigenvalue weighted by molar-refractivity contribution is 0.0600. The molecule has 0 saturated heterocycles. The smallest absolute Gasteiger partial charge is 0.337 e. The minimum absolute atomic E-state index is 0.0985. The molecule has 2 aromatic heterocycles. The Hall–Kier alpha value is -3.15. The molecule has 0 aliphatic heterocycles. The van der Waals surface area contributed by atoms with Gasteiger partial charge in [-0.05, 0) is 42.5 Å². The van der Waals surface area contributed by atoms with E-state index < -0.39 is 11.8 Å². The highest BCUT2D eigenvalue weighted by Gasteiger charge is 2.23. The van der Waals surface area contributed by atoms with Crippen LogP contribution in [0.5, 0.6) is 0 Å². The molecular weight excluding hydrogens is 428 g/mol. The Morgan fingerprint density at radius 3 is 2.33 bits per heavy atom. The lowest BCUT2D eigenvalue weighted by Gasteiger charge is -2.06. The van der Waals surface area contributed by atoms with Gasteiger partial charge in [-0.25, -0.2) is 9.18 Å². The standard InChI is InChI=1S/C23H14Cl2FNO3/c1-30-23(29)13-8-9-14(18(26)11-13)15-12-20(27-10-3-2-7-19(15)27)22(28)21-16(24)5-4-6-17(21)25/h2-12H,1H3. The third-order valence-electron chi connectivity index (χ3n) is 4.78. The second kappa shape index (κ2) is 7.94. The van der Waals surface area contributed by atoms with Crippen LogP contribution in [0.2, 0.25) is 10.0 Å². The molecule has 2 aromatic carbocycles. The molecule has 4 rings (SSSR count). The highest BCUT2D eigenvalue weighted by molar-refractivity contribution is 6.41. The topological polar surface area (TPSA) is 47.8 Å². The zero-order chi connectivity index (χ0) is 21.4. The summed E-state index contributed by atoms with van der Waals surface area (Å²) in [5.74, 6) is -1.62. The number of esters is 1. The molecular formula is C23H14Cl2FNO3. The predicted molar refractivity (Wildman–Crippen MR) is 114 cm³/mol. The van der Waals surface area contributed by atoms with Crippen LogP contribution in [0.3, 0.4) is 0 Å². The van der Waals surface area contributed by atoms with Gasteiger partial charge in [-0.3, -0.25) is 4.79 Å². The first kappa shape index (κ1) is 20.1. The highest BCUT2D eigenvalue weighted by Crippen LogP contribution is 2.34. The summed E-state index contributed by atoms with van der Waals surface area (Å²) in [4.78, 5) is 24.9. The highest BCUT2D eigenvalue weighted by atomic mass is 35.5. The van der Waals surface area contributed by atoms with Gasteiger partial charge in [-0.15, -0.1) is 0 Å². The molecule has 0 aliphatic carbocycles. The van der Waals surface area contributed by atoms with Crippen molar-refractivity contribution < 1.29 is 18.7 Å². The third kappa shape index (κ3) is 3.36. The number of rotatable bonds is 4. The van der Waals surface area contributed by atoms with Crippen molar-refractivity contribution in [1.82, 2.24) is 4.40 Å². The maximum atomic E-state index is 14.9.